The minimum absolute atomic E-state index is 0.366. The topological polar surface area (TPSA) is 17.1 Å². The molecule has 3 rings (SSSR count). The number of ketones is 1. The van der Waals surface area contributed by atoms with Gasteiger partial charge in [0, 0.05) is 11.8 Å². The number of hydrogen-bond acceptors (Lipinski definition) is 1. The van der Waals surface area contributed by atoms with Gasteiger partial charge in [-0.05, 0) is 69.4 Å². The smallest absolute Gasteiger partial charge is 0.139 e. The molecule has 1 nitrogen and oxygen atoms in total. The Morgan fingerprint density at radius 2 is 1.50 bits per heavy atom. The SMILES string of the molecule is Cc1ccc(C2CCC(C(=O)C3CCCCC3)CC2)c(C)c1. The second-order valence-electron chi connectivity index (χ2n) is 7.65. The quantitative estimate of drug-likeness (QED) is 0.696. The summed E-state index contributed by atoms with van der Waals surface area (Å²) in [6, 6.07) is 6.86. The lowest BCUT2D eigenvalue weighted by atomic mass is 9.72. The van der Waals surface area contributed by atoms with Crippen molar-refractivity contribution in [3.8, 4) is 0 Å². The van der Waals surface area contributed by atoms with E-state index in [1.807, 2.05) is 0 Å². The first-order valence-corrected chi connectivity index (χ1v) is 9.26. The van der Waals surface area contributed by atoms with Crippen LogP contribution in [0.4, 0.5) is 0 Å². The molecule has 0 aliphatic heterocycles. The normalized spacial score (nSPS) is 26.8. The van der Waals surface area contributed by atoms with Crippen LogP contribution in [0.1, 0.15) is 80.4 Å². The highest BCUT2D eigenvalue weighted by Crippen LogP contribution is 2.39. The Hall–Kier alpha value is -1.11. The van der Waals surface area contributed by atoms with Crippen molar-refractivity contribution < 1.29 is 4.79 Å². The summed E-state index contributed by atoms with van der Waals surface area (Å²) < 4.78 is 0. The molecule has 1 aromatic carbocycles. The van der Waals surface area contributed by atoms with E-state index in [-0.39, 0.29) is 0 Å². The minimum atomic E-state index is 0.366. The predicted octanol–water partition coefficient (Wildman–Crippen LogP) is 5.73. The molecule has 0 aromatic heterocycles. The molecule has 2 aliphatic rings. The van der Waals surface area contributed by atoms with Crippen molar-refractivity contribution >= 4 is 5.78 Å². The van der Waals surface area contributed by atoms with E-state index in [1.54, 1.807) is 0 Å². The lowest BCUT2D eigenvalue weighted by Crippen LogP contribution is -2.28. The third-order valence-electron chi connectivity index (χ3n) is 6.00. The van der Waals surface area contributed by atoms with Gasteiger partial charge in [0.15, 0.2) is 0 Å². The van der Waals surface area contributed by atoms with Crippen LogP contribution in [-0.2, 0) is 4.79 Å². The molecule has 120 valence electrons. The number of rotatable bonds is 3. The summed E-state index contributed by atoms with van der Waals surface area (Å²) >= 11 is 0. The summed E-state index contributed by atoms with van der Waals surface area (Å²) in [4.78, 5) is 12.7. The molecule has 1 aromatic rings. The summed E-state index contributed by atoms with van der Waals surface area (Å²) in [5.74, 6) is 2.05. The molecule has 0 unspecified atom stereocenters. The first-order valence-electron chi connectivity index (χ1n) is 9.26. The van der Waals surface area contributed by atoms with Crippen molar-refractivity contribution in [2.75, 3.05) is 0 Å². The molecular formula is C21H30O. The van der Waals surface area contributed by atoms with Gasteiger partial charge >= 0.3 is 0 Å². The largest absolute Gasteiger partial charge is 0.299 e. The predicted molar refractivity (Wildman–Crippen MR) is 92.2 cm³/mol. The molecule has 0 heterocycles. The molecule has 2 fully saturated rings. The molecular weight excluding hydrogens is 268 g/mol. The number of benzene rings is 1. The molecule has 2 aliphatic carbocycles. The fraction of sp³-hybridized carbons (Fsp3) is 0.667. The molecule has 0 N–H and O–H groups in total. The third-order valence-corrected chi connectivity index (χ3v) is 6.00. The highest BCUT2D eigenvalue weighted by atomic mass is 16.1. The van der Waals surface area contributed by atoms with Crippen molar-refractivity contribution in [2.45, 2.75) is 77.6 Å². The monoisotopic (exact) mass is 298 g/mol. The van der Waals surface area contributed by atoms with Crippen LogP contribution in [-0.4, -0.2) is 5.78 Å². The average molecular weight is 298 g/mol. The Labute approximate surface area is 135 Å². The van der Waals surface area contributed by atoms with Gasteiger partial charge in [0.25, 0.3) is 0 Å². The van der Waals surface area contributed by atoms with Gasteiger partial charge in [-0.2, -0.15) is 0 Å². The Morgan fingerprint density at radius 1 is 0.864 bits per heavy atom. The molecule has 0 radical (unpaired) electrons. The second-order valence-corrected chi connectivity index (χ2v) is 7.65. The van der Waals surface area contributed by atoms with Gasteiger partial charge < -0.3 is 0 Å². The van der Waals surface area contributed by atoms with Crippen LogP contribution in [0.25, 0.3) is 0 Å². The van der Waals surface area contributed by atoms with E-state index in [1.165, 1.54) is 48.8 Å². The molecule has 1 heteroatoms. The Morgan fingerprint density at radius 3 is 2.14 bits per heavy atom. The van der Waals surface area contributed by atoms with Gasteiger partial charge in [0.05, 0.1) is 0 Å². The van der Waals surface area contributed by atoms with E-state index >= 15 is 0 Å². The van der Waals surface area contributed by atoms with E-state index < -0.39 is 0 Å². The molecule has 22 heavy (non-hydrogen) atoms. The fourth-order valence-electron chi connectivity index (χ4n) is 4.69. The van der Waals surface area contributed by atoms with Crippen molar-refractivity contribution in [3.05, 3.63) is 34.9 Å². The van der Waals surface area contributed by atoms with E-state index in [0.29, 0.717) is 23.5 Å². The van der Waals surface area contributed by atoms with Crippen LogP contribution < -0.4 is 0 Å². The molecule has 2 saturated carbocycles. The molecule has 0 spiro atoms. The number of carbonyl (C=O) groups is 1. The molecule has 0 atom stereocenters. The summed E-state index contributed by atoms with van der Waals surface area (Å²) in [5, 5.41) is 0. The molecule has 0 saturated heterocycles. The minimum Gasteiger partial charge on any atom is -0.299 e. The van der Waals surface area contributed by atoms with Gasteiger partial charge in [0.1, 0.15) is 5.78 Å². The first kappa shape index (κ1) is 15.8. The van der Waals surface area contributed by atoms with E-state index in [2.05, 4.69) is 32.0 Å². The highest BCUT2D eigenvalue weighted by Gasteiger charge is 2.32. The van der Waals surface area contributed by atoms with Gasteiger partial charge in [-0.25, -0.2) is 0 Å². The van der Waals surface area contributed by atoms with Gasteiger partial charge in [-0.15, -0.1) is 0 Å². The van der Waals surface area contributed by atoms with Crippen molar-refractivity contribution in [2.24, 2.45) is 11.8 Å². The fourth-order valence-corrected chi connectivity index (χ4v) is 4.69. The van der Waals surface area contributed by atoms with Gasteiger partial charge in [-0.1, -0.05) is 43.0 Å². The molecule has 0 bridgehead atoms. The third kappa shape index (κ3) is 3.45. The first-order chi connectivity index (χ1) is 10.6. The lowest BCUT2D eigenvalue weighted by Gasteiger charge is -2.32. The van der Waals surface area contributed by atoms with E-state index in [4.69, 9.17) is 0 Å². The van der Waals surface area contributed by atoms with Gasteiger partial charge in [-0.3, -0.25) is 4.79 Å². The zero-order valence-electron chi connectivity index (χ0n) is 14.2. The zero-order chi connectivity index (χ0) is 15.5. The summed E-state index contributed by atoms with van der Waals surface area (Å²) in [7, 11) is 0. The van der Waals surface area contributed by atoms with E-state index in [0.717, 1.165) is 25.7 Å². The Kier molecular flexibility index (Phi) is 5.00. The lowest BCUT2D eigenvalue weighted by molar-refractivity contribution is -0.128. The van der Waals surface area contributed by atoms with Crippen LogP contribution in [0.2, 0.25) is 0 Å². The number of Topliss-reactive ketones (excluding diaryl/α,β-unsaturated/α-hetero) is 1. The number of hydrogen-bond donors (Lipinski definition) is 0. The van der Waals surface area contributed by atoms with E-state index in [9.17, 15) is 4.79 Å². The summed E-state index contributed by atoms with van der Waals surface area (Å²) in [6.07, 6.45) is 10.8. The van der Waals surface area contributed by atoms with Crippen LogP contribution >= 0.6 is 0 Å². The summed E-state index contributed by atoms with van der Waals surface area (Å²) in [5.41, 5.74) is 4.30. The standard InChI is InChI=1S/C21H30O/c1-15-8-13-20(16(2)14-15)17-9-11-19(12-10-17)21(22)18-6-4-3-5-7-18/h8,13-14,17-19H,3-7,9-12H2,1-2H3. The van der Waals surface area contributed by atoms with Crippen molar-refractivity contribution in [1.29, 1.82) is 0 Å². The average Bonchev–Trinajstić information content (AvgIpc) is 2.55. The zero-order valence-corrected chi connectivity index (χ0v) is 14.2. The Balaban J connectivity index is 1.59. The van der Waals surface area contributed by atoms with Crippen LogP contribution in [0.15, 0.2) is 18.2 Å². The Bertz CT molecular complexity index is 517. The van der Waals surface area contributed by atoms with Crippen LogP contribution in [0.5, 0.6) is 0 Å². The van der Waals surface area contributed by atoms with Gasteiger partial charge in [0.2, 0.25) is 0 Å². The van der Waals surface area contributed by atoms with Crippen molar-refractivity contribution in [3.63, 3.8) is 0 Å². The second kappa shape index (κ2) is 6.98. The van der Waals surface area contributed by atoms with Crippen LogP contribution in [0.3, 0.4) is 0 Å². The maximum Gasteiger partial charge on any atom is 0.139 e. The summed E-state index contributed by atoms with van der Waals surface area (Å²) in [6.45, 7) is 4.40. The number of carbonyl (C=O) groups excluding carboxylic acids is 1. The highest BCUT2D eigenvalue weighted by molar-refractivity contribution is 5.83. The molecule has 0 amide bonds. The van der Waals surface area contributed by atoms with Crippen molar-refractivity contribution in [1.82, 2.24) is 0 Å². The maximum atomic E-state index is 12.7. The maximum absolute atomic E-state index is 12.7. The number of aryl methyl sites for hydroxylation is 2. The van der Waals surface area contributed by atoms with Crippen LogP contribution in [0, 0.1) is 25.7 Å².